The highest BCUT2D eigenvalue weighted by atomic mass is 16.3. The molecular formula is C36H26N2O. The minimum Gasteiger partial charge on any atom is -0.460 e. The van der Waals surface area contributed by atoms with E-state index in [0.717, 1.165) is 30.6 Å². The fourth-order valence-corrected chi connectivity index (χ4v) is 7.00. The molecule has 186 valence electrons. The van der Waals surface area contributed by atoms with Crippen LogP contribution in [0.4, 0.5) is 5.69 Å². The molecule has 0 bridgehead atoms. The van der Waals surface area contributed by atoms with Gasteiger partial charge in [-0.15, -0.1) is 0 Å². The van der Waals surface area contributed by atoms with E-state index in [1.807, 2.05) is 0 Å². The predicted octanol–water partition coefficient (Wildman–Crippen LogP) is 9.11. The van der Waals surface area contributed by atoms with Crippen molar-refractivity contribution in [2.45, 2.75) is 25.3 Å². The van der Waals surface area contributed by atoms with Gasteiger partial charge in [-0.25, -0.2) is 0 Å². The number of benzene rings is 4. The lowest BCUT2D eigenvalue weighted by atomic mass is 9.88. The first-order chi connectivity index (χ1) is 19.3. The second kappa shape index (κ2) is 7.87. The summed E-state index contributed by atoms with van der Waals surface area (Å²) in [6.45, 7) is 0. The molecule has 3 heteroatoms. The Morgan fingerprint density at radius 3 is 2.54 bits per heavy atom. The van der Waals surface area contributed by atoms with E-state index in [1.54, 1.807) is 0 Å². The molecule has 2 aliphatic carbocycles. The number of nitrogens with zero attached hydrogens (tertiary/aromatic N) is 1. The van der Waals surface area contributed by atoms with Gasteiger partial charge in [-0.2, -0.15) is 0 Å². The molecule has 2 aromatic heterocycles. The molecule has 4 aromatic carbocycles. The van der Waals surface area contributed by atoms with Gasteiger partial charge in [0.1, 0.15) is 11.3 Å². The summed E-state index contributed by atoms with van der Waals surface area (Å²) in [5, 5.41) is 3.78. The largest absolute Gasteiger partial charge is 0.460 e. The van der Waals surface area contributed by atoms with Crippen molar-refractivity contribution >= 4 is 55.7 Å². The van der Waals surface area contributed by atoms with Crippen LogP contribution >= 0.6 is 0 Å². The summed E-state index contributed by atoms with van der Waals surface area (Å²) in [7, 11) is 0. The van der Waals surface area contributed by atoms with Gasteiger partial charge in [0.25, 0.3) is 0 Å². The maximum absolute atomic E-state index is 6.21. The van der Waals surface area contributed by atoms with E-state index in [4.69, 9.17) is 4.42 Å². The van der Waals surface area contributed by atoms with Crippen LogP contribution in [0.1, 0.15) is 35.3 Å². The number of furan rings is 1. The van der Waals surface area contributed by atoms with E-state index in [2.05, 4.69) is 119 Å². The van der Waals surface area contributed by atoms with Crippen molar-refractivity contribution < 1.29 is 4.42 Å². The van der Waals surface area contributed by atoms with Crippen LogP contribution in [0, 0.1) is 0 Å². The van der Waals surface area contributed by atoms with Gasteiger partial charge in [0, 0.05) is 56.1 Å². The van der Waals surface area contributed by atoms with Gasteiger partial charge in [-0.1, -0.05) is 66.7 Å². The maximum atomic E-state index is 6.21. The summed E-state index contributed by atoms with van der Waals surface area (Å²) in [4.78, 5) is 6.16. The molecule has 6 aromatic rings. The van der Waals surface area contributed by atoms with Gasteiger partial charge in [0.2, 0.25) is 0 Å². The highest BCUT2D eigenvalue weighted by Crippen LogP contribution is 2.49. The molecule has 0 saturated heterocycles. The summed E-state index contributed by atoms with van der Waals surface area (Å²) >= 11 is 0. The molecule has 1 unspecified atom stereocenters. The third kappa shape index (κ3) is 3.04. The van der Waals surface area contributed by atoms with Crippen LogP contribution in [0.2, 0.25) is 0 Å². The molecule has 3 aliphatic rings. The summed E-state index contributed by atoms with van der Waals surface area (Å²) in [5.74, 6) is 1.11. The van der Waals surface area contributed by atoms with Crippen molar-refractivity contribution in [2.75, 3.05) is 4.90 Å². The van der Waals surface area contributed by atoms with Crippen LogP contribution in [-0.4, -0.2) is 11.0 Å². The smallest absolute Gasteiger partial charge is 0.134 e. The summed E-state index contributed by atoms with van der Waals surface area (Å²) < 4.78 is 6.21. The molecule has 0 spiro atoms. The zero-order chi connectivity index (χ0) is 25.5. The van der Waals surface area contributed by atoms with Gasteiger partial charge in [-0.3, -0.25) is 0 Å². The van der Waals surface area contributed by atoms with Gasteiger partial charge < -0.3 is 14.3 Å². The molecule has 39 heavy (non-hydrogen) atoms. The predicted molar refractivity (Wildman–Crippen MR) is 162 cm³/mol. The van der Waals surface area contributed by atoms with Crippen LogP contribution in [0.3, 0.4) is 0 Å². The first-order valence-corrected chi connectivity index (χ1v) is 13.8. The number of aryl methyl sites for hydroxylation is 1. The number of anilines is 1. The first kappa shape index (κ1) is 21.2. The van der Waals surface area contributed by atoms with Crippen molar-refractivity contribution in [1.29, 1.82) is 0 Å². The van der Waals surface area contributed by atoms with E-state index in [-0.39, 0.29) is 0 Å². The molecular weight excluding hydrogens is 476 g/mol. The van der Waals surface area contributed by atoms with Crippen LogP contribution in [0.15, 0.2) is 113 Å². The molecule has 0 radical (unpaired) electrons. The Morgan fingerprint density at radius 2 is 1.56 bits per heavy atom. The Morgan fingerprint density at radius 1 is 0.744 bits per heavy atom. The summed E-state index contributed by atoms with van der Waals surface area (Å²) in [6, 6.07) is 33.1. The zero-order valence-corrected chi connectivity index (χ0v) is 21.4. The Bertz CT molecular complexity index is 2060. The molecule has 0 saturated carbocycles. The van der Waals surface area contributed by atoms with Crippen LogP contribution in [0.25, 0.3) is 50.0 Å². The lowest BCUT2D eigenvalue weighted by Crippen LogP contribution is -2.32. The van der Waals surface area contributed by atoms with E-state index in [9.17, 15) is 0 Å². The topological polar surface area (TPSA) is 32.2 Å². The number of hydrogen-bond donors (Lipinski definition) is 1. The lowest BCUT2D eigenvalue weighted by molar-refractivity contribution is 0.540. The van der Waals surface area contributed by atoms with Gasteiger partial charge in [0.15, 0.2) is 0 Å². The number of nitrogens with one attached hydrogen (secondary N) is 1. The van der Waals surface area contributed by atoms with Crippen LogP contribution in [0.5, 0.6) is 0 Å². The average Bonchev–Trinajstić information content (AvgIpc) is 3.65. The fraction of sp³-hybridized carbons (Fsp3) is 0.111. The number of para-hydroxylation sites is 3. The Kier molecular flexibility index (Phi) is 4.28. The molecule has 9 rings (SSSR count). The van der Waals surface area contributed by atoms with E-state index in [1.165, 1.54) is 66.4 Å². The van der Waals surface area contributed by atoms with Crippen LogP contribution < -0.4 is 4.90 Å². The summed E-state index contributed by atoms with van der Waals surface area (Å²) in [5.41, 5.74) is 12.7. The lowest BCUT2D eigenvalue weighted by Gasteiger charge is -2.33. The van der Waals surface area contributed by atoms with Crippen molar-refractivity contribution in [1.82, 2.24) is 4.98 Å². The SMILES string of the molecule is C1=C(c2ccc3[nH]c4ccccc4c3c2)C=C2c3ccccc3N(C3=Cc4c(oc5ccccc45)CC3)C2C1. The number of H-pyrrole nitrogens is 1. The van der Waals surface area contributed by atoms with Gasteiger partial charge in [0.05, 0.1) is 6.04 Å². The third-order valence-corrected chi connectivity index (χ3v) is 8.80. The Labute approximate surface area is 226 Å². The standard InChI is InChI=1S/C36H26N2O/c1-4-10-31-25(7-1)28-19-22(13-16-32(28)37-31)23-14-17-34-29(20-23)26-8-2-5-11-33(26)38(34)24-15-18-36-30(21-24)27-9-3-6-12-35(27)39-36/h1-14,16,19-21,34,37H,15,17-18H2. The molecule has 3 nitrogen and oxygen atoms in total. The fourth-order valence-electron chi connectivity index (χ4n) is 7.00. The number of allylic oxidation sites excluding steroid dienone is 3. The van der Waals surface area contributed by atoms with Crippen molar-refractivity contribution in [2.24, 2.45) is 0 Å². The molecule has 0 fully saturated rings. The van der Waals surface area contributed by atoms with E-state index < -0.39 is 0 Å². The van der Waals surface area contributed by atoms with Crippen molar-refractivity contribution in [3.63, 3.8) is 0 Å². The summed E-state index contributed by atoms with van der Waals surface area (Å²) in [6.07, 6.45) is 10.2. The normalized spacial score (nSPS) is 18.1. The Hall–Kier alpha value is -4.76. The number of aromatic nitrogens is 1. The van der Waals surface area contributed by atoms with E-state index >= 15 is 0 Å². The second-order valence-corrected chi connectivity index (χ2v) is 10.9. The molecule has 0 amide bonds. The van der Waals surface area contributed by atoms with Crippen LogP contribution in [-0.2, 0) is 6.42 Å². The van der Waals surface area contributed by atoms with Gasteiger partial charge in [-0.05, 0) is 72.0 Å². The number of aromatic amines is 1. The Balaban J connectivity index is 1.14. The monoisotopic (exact) mass is 502 g/mol. The third-order valence-electron chi connectivity index (χ3n) is 8.80. The maximum Gasteiger partial charge on any atom is 0.134 e. The highest BCUT2D eigenvalue weighted by molar-refractivity contribution is 6.08. The minimum atomic E-state index is 0.314. The molecule has 1 atom stereocenters. The van der Waals surface area contributed by atoms with E-state index in [0.29, 0.717) is 6.04 Å². The number of rotatable bonds is 2. The quantitative estimate of drug-likeness (QED) is 0.256. The minimum absolute atomic E-state index is 0.314. The second-order valence-electron chi connectivity index (χ2n) is 10.9. The van der Waals surface area contributed by atoms with Gasteiger partial charge >= 0.3 is 0 Å². The highest BCUT2D eigenvalue weighted by Gasteiger charge is 2.37. The van der Waals surface area contributed by atoms with Crippen molar-refractivity contribution in [3.05, 3.63) is 131 Å². The first-order valence-electron chi connectivity index (χ1n) is 13.8. The zero-order valence-electron chi connectivity index (χ0n) is 21.4. The number of hydrogen-bond acceptors (Lipinski definition) is 2. The van der Waals surface area contributed by atoms with Crippen molar-refractivity contribution in [3.8, 4) is 0 Å². The number of fused-ring (bicyclic) bond motifs is 9. The molecule has 1 aliphatic heterocycles. The molecule has 1 N–H and O–H groups in total. The average molecular weight is 503 g/mol. The molecule has 3 heterocycles.